The number of ketones is 1. The molecular weight excluding hydrogens is 256 g/mol. The predicted octanol–water partition coefficient (Wildman–Crippen LogP) is 2.97. The third-order valence-corrected chi connectivity index (χ3v) is 4.17. The van der Waals surface area contributed by atoms with E-state index in [1.165, 1.54) is 6.92 Å². The van der Waals surface area contributed by atoms with E-state index in [0.717, 1.165) is 17.4 Å². The molecular formula is C16H14O4. The van der Waals surface area contributed by atoms with Gasteiger partial charge in [-0.2, -0.15) is 0 Å². The molecule has 2 aliphatic rings. The Kier molecular flexibility index (Phi) is 2.32. The van der Waals surface area contributed by atoms with Gasteiger partial charge in [-0.1, -0.05) is 24.3 Å². The molecule has 0 aromatic heterocycles. The Morgan fingerprint density at radius 1 is 1.30 bits per heavy atom. The van der Waals surface area contributed by atoms with Gasteiger partial charge in [-0.05, 0) is 13.3 Å². The van der Waals surface area contributed by atoms with Crippen molar-refractivity contribution >= 4 is 16.6 Å². The molecule has 4 heteroatoms. The second kappa shape index (κ2) is 3.96. The zero-order chi connectivity index (χ0) is 13.9. The average Bonchev–Trinajstić information content (AvgIpc) is 3.00. The van der Waals surface area contributed by atoms with Gasteiger partial charge in [0.05, 0.1) is 18.1 Å². The molecule has 0 radical (unpaired) electrons. The van der Waals surface area contributed by atoms with E-state index in [1.807, 2.05) is 18.2 Å². The Bertz CT molecular complexity index is 735. The van der Waals surface area contributed by atoms with Gasteiger partial charge in [0, 0.05) is 16.3 Å². The molecule has 0 saturated carbocycles. The number of benzene rings is 2. The van der Waals surface area contributed by atoms with Gasteiger partial charge < -0.3 is 14.6 Å². The summed E-state index contributed by atoms with van der Waals surface area (Å²) in [6.45, 7) is 2.10. The van der Waals surface area contributed by atoms with Crippen molar-refractivity contribution in [2.75, 3.05) is 6.61 Å². The third kappa shape index (κ3) is 1.37. The summed E-state index contributed by atoms with van der Waals surface area (Å²) in [6.07, 6.45) is 0.490. The smallest absolute Gasteiger partial charge is 0.207 e. The van der Waals surface area contributed by atoms with Crippen LogP contribution in [0.2, 0.25) is 0 Å². The van der Waals surface area contributed by atoms with Gasteiger partial charge >= 0.3 is 0 Å². The maximum Gasteiger partial charge on any atom is 0.207 e. The molecule has 20 heavy (non-hydrogen) atoms. The Balaban J connectivity index is 2.13. The molecule has 0 unspecified atom stereocenters. The van der Waals surface area contributed by atoms with Gasteiger partial charge in [0.25, 0.3) is 0 Å². The normalized spacial score (nSPS) is 23.4. The summed E-state index contributed by atoms with van der Waals surface area (Å²) >= 11 is 0. The van der Waals surface area contributed by atoms with Gasteiger partial charge in [-0.15, -0.1) is 0 Å². The molecule has 0 amide bonds. The first kappa shape index (κ1) is 11.7. The zero-order valence-electron chi connectivity index (χ0n) is 11.1. The monoisotopic (exact) mass is 270 g/mol. The molecule has 1 N–H and O–H groups in total. The summed E-state index contributed by atoms with van der Waals surface area (Å²) in [4.78, 5) is 12.0. The number of hydrogen-bond donors (Lipinski definition) is 1. The summed E-state index contributed by atoms with van der Waals surface area (Å²) in [7, 11) is 0. The molecule has 2 atom stereocenters. The fourth-order valence-corrected chi connectivity index (χ4v) is 3.32. The highest BCUT2D eigenvalue weighted by Crippen LogP contribution is 2.52. The van der Waals surface area contributed by atoms with Crippen LogP contribution in [0.25, 0.3) is 10.8 Å². The number of ether oxygens (including phenoxy) is 2. The number of phenolic OH excluding ortho intramolecular Hbond substituents is 1. The van der Waals surface area contributed by atoms with E-state index in [1.54, 1.807) is 6.07 Å². The van der Waals surface area contributed by atoms with Crippen molar-refractivity contribution < 1.29 is 19.4 Å². The number of rotatable bonds is 1. The van der Waals surface area contributed by atoms with E-state index in [2.05, 4.69) is 0 Å². The van der Waals surface area contributed by atoms with Crippen molar-refractivity contribution in [3.63, 3.8) is 0 Å². The van der Waals surface area contributed by atoms with Crippen LogP contribution in [0.4, 0.5) is 0 Å². The first-order valence-electron chi connectivity index (χ1n) is 6.75. The lowest BCUT2D eigenvalue weighted by Gasteiger charge is -2.13. The van der Waals surface area contributed by atoms with Crippen LogP contribution in [-0.2, 0) is 4.74 Å². The SMILES string of the molecule is CC(=O)c1c2c(c3ccccc3c1O)O[C@@H]1OCC[C@H]21. The highest BCUT2D eigenvalue weighted by Gasteiger charge is 2.43. The molecule has 4 nitrogen and oxygen atoms in total. The Labute approximate surface area is 115 Å². The third-order valence-electron chi connectivity index (χ3n) is 4.17. The first-order valence-corrected chi connectivity index (χ1v) is 6.75. The molecule has 2 heterocycles. The summed E-state index contributed by atoms with van der Waals surface area (Å²) in [5.74, 6) is 0.654. The van der Waals surface area contributed by atoms with Crippen molar-refractivity contribution in [2.45, 2.75) is 25.6 Å². The summed E-state index contributed by atoms with van der Waals surface area (Å²) < 4.78 is 11.5. The Morgan fingerprint density at radius 2 is 2.05 bits per heavy atom. The van der Waals surface area contributed by atoms with Crippen LogP contribution in [0.5, 0.6) is 11.5 Å². The largest absolute Gasteiger partial charge is 0.507 e. The van der Waals surface area contributed by atoms with Crippen LogP contribution in [-0.4, -0.2) is 23.8 Å². The van der Waals surface area contributed by atoms with Crippen LogP contribution in [0.1, 0.15) is 35.2 Å². The summed E-state index contributed by atoms with van der Waals surface area (Å²) in [5.41, 5.74) is 1.20. The average molecular weight is 270 g/mol. The van der Waals surface area contributed by atoms with E-state index in [4.69, 9.17) is 9.47 Å². The molecule has 4 rings (SSSR count). The molecule has 2 aliphatic heterocycles. The van der Waals surface area contributed by atoms with Crippen molar-refractivity contribution in [1.82, 2.24) is 0 Å². The van der Waals surface area contributed by atoms with Gasteiger partial charge in [0.1, 0.15) is 11.5 Å². The summed E-state index contributed by atoms with van der Waals surface area (Å²) in [6, 6.07) is 7.44. The van der Waals surface area contributed by atoms with Gasteiger partial charge in [-0.3, -0.25) is 4.79 Å². The van der Waals surface area contributed by atoms with Crippen LogP contribution < -0.4 is 4.74 Å². The van der Waals surface area contributed by atoms with Crippen molar-refractivity contribution in [3.05, 3.63) is 35.4 Å². The van der Waals surface area contributed by atoms with E-state index in [0.29, 0.717) is 23.3 Å². The molecule has 102 valence electrons. The topological polar surface area (TPSA) is 55.8 Å². The number of carbonyl (C=O) groups is 1. The number of aromatic hydroxyl groups is 1. The molecule has 0 bridgehead atoms. The minimum absolute atomic E-state index is 0.0411. The molecule has 0 spiro atoms. The van der Waals surface area contributed by atoms with E-state index < -0.39 is 0 Å². The highest BCUT2D eigenvalue weighted by atomic mass is 16.7. The van der Waals surface area contributed by atoms with E-state index in [-0.39, 0.29) is 23.7 Å². The lowest BCUT2D eigenvalue weighted by atomic mass is 9.88. The standard InChI is InChI=1S/C16H14O4/c1-8(17)12-13-11-6-7-19-16(11)20-15(13)10-5-3-2-4-9(10)14(12)18/h2-5,11,16,18H,6-7H2,1H3/t11-,16+/m1/s1. The van der Waals surface area contributed by atoms with E-state index in [9.17, 15) is 9.90 Å². The summed E-state index contributed by atoms with van der Waals surface area (Å²) in [5, 5.41) is 12.0. The number of carbonyl (C=O) groups excluding carboxylic acids is 1. The minimum Gasteiger partial charge on any atom is -0.507 e. The highest BCUT2D eigenvalue weighted by molar-refractivity contribution is 6.08. The quantitative estimate of drug-likeness (QED) is 0.809. The van der Waals surface area contributed by atoms with Crippen LogP contribution in [0.3, 0.4) is 0 Å². The second-order valence-electron chi connectivity index (χ2n) is 5.32. The first-order chi connectivity index (χ1) is 9.68. The molecule has 0 aliphatic carbocycles. The zero-order valence-corrected chi connectivity index (χ0v) is 11.1. The number of hydrogen-bond acceptors (Lipinski definition) is 4. The van der Waals surface area contributed by atoms with Crippen LogP contribution in [0, 0.1) is 0 Å². The number of Topliss-reactive ketones (excluding diaryl/α,β-unsaturated/α-hetero) is 1. The van der Waals surface area contributed by atoms with Crippen molar-refractivity contribution in [3.8, 4) is 11.5 Å². The number of phenols is 1. The lowest BCUT2D eigenvalue weighted by Crippen LogP contribution is -2.14. The van der Waals surface area contributed by atoms with Gasteiger partial charge in [-0.25, -0.2) is 0 Å². The molecule has 2 aromatic rings. The number of fused-ring (bicyclic) bond motifs is 5. The van der Waals surface area contributed by atoms with Crippen molar-refractivity contribution in [1.29, 1.82) is 0 Å². The Hall–Kier alpha value is -2.07. The predicted molar refractivity (Wildman–Crippen MR) is 73.3 cm³/mol. The molecule has 1 saturated heterocycles. The lowest BCUT2D eigenvalue weighted by molar-refractivity contribution is -0.0330. The van der Waals surface area contributed by atoms with E-state index >= 15 is 0 Å². The van der Waals surface area contributed by atoms with Gasteiger partial charge in [0.2, 0.25) is 6.29 Å². The fraction of sp³-hybridized carbons (Fsp3) is 0.312. The fourth-order valence-electron chi connectivity index (χ4n) is 3.32. The molecule has 2 aromatic carbocycles. The maximum atomic E-state index is 12.0. The minimum atomic E-state index is -0.326. The van der Waals surface area contributed by atoms with Crippen LogP contribution in [0.15, 0.2) is 24.3 Å². The van der Waals surface area contributed by atoms with Crippen molar-refractivity contribution in [2.24, 2.45) is 0 Å². The van der Waals surface area contributed by atoms with Gasteiger partial charge in [0.15, 0.2) is 5.78 Å². The Morgan fingerprint density at radius 3 is 2.80 bits per heavy atom. The van der Waals surface area contributed by atoms with Crippen LogP contribution >= 0.6 is 0 Å². The second-order valence-corrected chi connectivity index (χ2v) is 5.32. The molecule has 1 fully saturated rings. The maximum absolute atomic E-state index is 12.0.